The summed E-state index contributed by atoms with van der Waals surface area (Å²) < 4.78 is 26.1. The highest BCUT2D eigenvalue weighted by Gasteiger charge is 2.23. The molecule has 0 aliphatic rings. The van der Waals surface area contributed by atoms with Gasteiger partial charge in [-0.05, 0) is 40.5 Å². The number of halogens is 2. The highest BCUT2D eigenvalue weighted by molar-refractivity contribution is 9.10. The van der Waals surface area contributed by atoms with Crippen LogP contribution in [0.25, 0.3) is 0 Å². The molecule has 1 amide bonds. The maximum absolute atomic E-state index is 12.7. The predicted molar refractivity (Wildman–Crippen MR) is 111 cm³/mol. The highest BCUT2D eigenvalue weighted by Crippen LogP contribution is 2.23. The monoisotopic (exact) mass is 479 g/mol. The number of aromatic nitrogens is 2. The first-order chi connectivity index (χ1) is 13.3. The van der Waals surface area contributed by atoms with Crippen LogP contribution in [-0.2, 0) is 15.6 Å². The number of rotatable bonds is 5. The van der Waals surface area contributed by atoms with Gasteiger partial charge < -0.3 is 5.32 Å². The van der Waals surface area contributed by atoms with Gasteiger partial charge in [-0.25, -0.2) is 18.4 Å². The van der Waals surface area contributed by atoms with Crippen molar-refractivity contribution < 1.29 is 13.2 Å². The van der Waals surface area contributed by atoms with Crippen LogP contribution in [-0.4, -0.2) is 24.3 Å². The number of amides is 1. The Morgan fingerprint density at radius 2 is 1.93 bits per heavy atom. The third kappa shape index (κ3) is 4.76. The number of nitrogens with zero attached hydrogens (tertiary/aromatic N) is 2. The molecule has 0 aliphatic carbocycles. The molecule has 0 saturated carbocycles. The summed E-state index contributed by atoms with van der Waals surface area (Å²) >= 11 is 9.36. The summed E-state index contributed by atoms with van der Waals surface area (Å²) in [5.74, 6) is -0.909. The smallest absolute Gasteiger partial charge is 0.276 e. The van der Waals surface area contributed by atoms with Crippen LogP contribution in [0.4, 0.5) is 5.69 Å². The largest absolute Gasteiger partial charge is 0.320 e. The normalized spacial score (nSPS) is 11.2. The Morgan fingerprint density at radius 1 is 1.18 bits per heavy atom. The first kappa shape index (κ1) is 20.4. The number of carbonyl (C=O) groups is 1. The third-order valence-corrected chi connectivity index (χ3v) is 6.21. The fourth-order valence-corrected chi connectivity index (χ4v) is 4.24. The second-order valence-electron chi connectivity index (χ2n) is 6.03. The van der Waals surface area contributed by atoms with Gasteiger partial charge in [0.05, 0.1) is 22.7 Å². The second kappa shape index (κ2) is 8.38. The summed E-state index contributed by atoms with van der Waals surface area (Å²) in [7, 11) is -3.85. The van der Waals surface area contributed by atoms with Crippen LogP contribution in [0.3, 0.4) is 0 Å². The number of nitrogens with one attached hydrogen (secondary N) is 1. The van der Waals surface area contributed by atoms with Crippen molar-refractivity contribution in [1.29, 1.82) is 0 Å². The molecule has 28 heavy (non-hydrogen) atoms. The van der Waals surface area contributed by atoms with Crippen molar-refractivity contribution in [3.05, 3.63) is 81.0 Å². The van der Waals surface area contributed by atoms with E-state index in [0.717, 1.165) is 11.8 Å². The molecule has 3 rings (SSSR count). The van der Waals surface area contributed by atoms with Gasteiger partial charge in [0.1, 0.15) is 0 Å². The number of hydrogen-bond acceptors (Lipinski definition) is 5. The van der Waals surface area contributed by atoms with E-state index < -0.39 is 20.9 Å². The fraction of sp³-hybridized carbons (Fsp3) is 0.105. The number of para-hydroxylation sites is 1. The van der Waals surface area contributed by atoms with Crippen LogP contribution in [0.2, 0.25) is 5.02 Å². The van der Waals surface area contributed by atoms with Crippen molar-refractivity contribution in [3.63, 3.8) is 0 Å². The summed E-state index contributed by atoms with van der Waals surface area (Å²) in [6.07, 6.45) is 1.12. The third-order valence-electron chi connectivity index (χ3n) is 3.78. The van der Waals surface area contributed by atoms with E-state index in [1.165, 1.54) is 0 Å². The summed E-state index contributed by atoms with van der Waals surface area (Å²) in [5, 5.41) is 2.16. The molecule has 0 atom stereocenters. The Balaban J connectivity index is 1.90. The minimum Gasteiger partial charge on any atom is -0.320 e. The first-order valence-corrected chi connectivity index (χ1v) is 11.0. The maximum Gasteiger partial charge on any atom is 0.276 e. The van der Waals surface area contributed by atoms with Gasteiger partial charge in [-0.1, -0.05) is 53.6 Å². The van der Waals surface area contributed by atoms with Crippen LogP contribution >= 0.6 is 27.5 Å². The highest BCUT2D eigenvalue weighted by atomic mass is 79.9. The lowest BCUT2D eigenvalue weighted by atomic mass is 10.2. The molecule has 0 radical (unpaired) electrons. The molecule has 0 aliphatic heterocycles. The molecule has 144 valence electrons. The summed E-state index contributed by atoms with van der Waals surface area (Å²) in [6.45, 7) is 1.87. The molecule has 1 heterocycles. The topological polar surface area (TPSA) is 89.0 Å². The molecule has 0 saturated heterocycles. The van der Waals surface area contributed by atoms with E-state index in [0.29, 0.717) is 15.7 Å². The zero-order valence-corrected chi connectivity index (χ0v) is 17.8. The minimum absolute atomic E-state index is 0.0425. The SMILES string of the molecule is Cc1cccc(CS(=O)(=O)c2ncc(Cl)c(C(=O)Nc3ccccc3Br)n2)c1. The minimum atomic E-state index is -3.85. The standard InChI is InChI=1S/C19H15BrClN3O3S/c1-12-5-4-6-13(9-12)11-28(26,27)19-22-10-15(21)17(24-19)18(25)23-16-8-3-2-7-14(16)20/h2-10H,11H2,1H3,(H,23,25). The van der Waals surface area contributed by atoms with Crippen molar-refractivity contribution in [2.24, 2.45) is 0 Å². The van der Waals surface area contributed by atoms with Crippen molar-refractivity contribution >= 4 is 49.0 Å². The van der Waals surface area contributed by atoms with E-state index in [4.69, 9.17) is 11.6 Å². The van der Waals surface area contributed by atoms with Crippen LogP contribution in [0, 0.1) is 6.92 Å². The molecule has 2 aromatic carbocycles. The number of anilines is 1. The summed E-state index contributed by atoms with van der Waals surface area (Å²) in [5.41, 5.74) is 1.84. The molecular weight excluding hydrogens is 466 g/mol. The van der Waals surface area contributed by atoms with Crippen molar-refractivity contribution in [2.75, 3.05) is 5.32 Å². The average Bonchev–Trinajstić information content (AvgIpc) is 2.63. The number of sulfone groups is 1. The molecule has 3 aromatic rings. The van der Waals surface area contributed by atoms with Gasteiger partial charge in [-0.3, -0.25) is 4.79 Å². The van der Waals surface area contributed by atoms with E-state index in [1.54, 1.807) is 42.5 Å². The number of benzene rings is 2. The maximum atomic E-state index is 12.7. The van der Waals surface area contributed by atoms with Gasteiger partial charge in [0, 0.05) is 4.47 Å². The zero-order chi connectivity index (χ0) is 20.3. The van der Waals surface area contributed by atoms with Gasteiger partial charge in [0.25, 0.3) is 5.91 Å². The summed E-state index contributed by atoms with van der Waals surface area (Å²) in [6, 6.07) is 14.1. The Morgan fingerprint density at radius 3 is 2.64 bits per heavy atom. The lowest BCUT2D eigenvalue weighted by Crippen LogP contribution is -2.18. The van der Waals surface area contributed by atoms with E-state index >= 15 is 0 Å². The van der Waals surface area contributed by atoms with Crippen LogP contribution < -0.4 is 5.32 Å². The predicted octanol–water partition coefficient (Wildman–Crippen LogP) is 4.43. The number of hydrogen-bond donors (Lipinski definition) is 1. The van der Waals surface area contributed by atoms with Crippen LogP contribution in [0.5, 0.6) is 0 Å². The van der Waals surface area contributed by atoms with Crippen molar-refractivity contribution in [2.45, 2.75) is 17.8 Å². The lowest BCUT2D eigenvalue weighted by molar-refractivity contribution is 0.102. The van der Waals surface area contributed by atoms with Gasteiger partial charge in [0.15, 0.2) is 5.69 Å². The van der Waals surface area contributed by atoms with Gasteiger partial charge in [-0.2, -0.15) is 0 Å². The van der Waals surface area contributed by atoms with Gasteiger partial charge in [-0.15, -0.1) is 0 Å². The Hall–Kier alpha value is -2.29. The Labute approximate surface area is 176 Å². The van der Waals surface area contributed by atoms with E-state index in [2.05, 4.69) is 31.2 Å². The average molecular weight is 481 g/mol. The van der Waals surface area contributed by atoms with E-state index in [-0.39, 0.29) is 16.5 Å². The Bertz CT molecular complexity index is 1150. The molecule has 1 aromatic heterocycles. The molecule has 6 nitrogen and oxygen atoms in total. The summed E-state index contributed by atoms with van der Waals surface area (Å²) in [4.78, 5) is 20.3. The van der Waals surface area contributed by atoms with Gasteiger partial charge in [0.2, 0.25) is 15.0 Å². The zero-order valence-electron chi connectivity index (χ0n) is 14.7. The molecule has 0 spiro atoms. The molecule has 0 fully saturated rings. The Kier molecular flexibility index (Phi) is 6.12. The molecular formula is C19H15BrClN3O3S. The van der Waals surface area contributed by atoms with Crippen LogP contribution in [0.15, 0.2) is 64.4 Å². The van der Waals surface area contributed by atoms with E-state index in [1.807, 2.05) is 13.0 Å². The van der Waals surface area contributed by atoms with Crippen molar-refractivity contribution in [1.82, 2.24) is 9.97 Å². The number of carbonyl (C=O) groups excluding carboxylic acids is 1. The number of aryl methyl sites for hydroxylation is 1. The van der Waals surface area contributed by atoms with Crippen molar-refractivity contribution in [3.8, 4) is 0 Å². The molecule has 0 bridgehead atoms. The lowest BCUT2D eigenvalue weighted by Gasteiger charge is -2.09. The molecule has 0 unspecified atom stereocenters. The van der Waals surface area contributed by atoms with Gasteiger partial charge >= 0.3 is 0 Å². The molecule has 1 N–H and O–H groups in total. The van der Waals surface area contributed by atoms with E-state index in [9.17, 15) is 13.2 Å². The quantitative estimate of drug-likeness (QED) is 0.546. The first-order valence-electron chi connectivity index (χ1n) is 8.13. The molecule has 9 heteroatoms. The fourth-order valence-electron chi connectivity index (χ4n) is 2.49. The van der Waals surface area contributed by atoms with Crippen LogP contribution in [0.1, 0.15) is 21.6 Å². The second-order valence-corrected chi connectivity index (χ2v) is 9.18.